The molecule has 1 unspecified atom stereocenters. The van der Waals surface area contributed by atoms with Gasteiger partial charge in [-0.05, 0) is 25.1 Å². The lowest BCUT2D eigenvalue weighted by Gasteiger charge is -2.25. The summed E-state index contributed by atoms with van der Waals surface area (Å²) in [5.74, 6) is 0.0714. The van der Waals surface area contributed by atoms with Crippen LogP contribution in [0.4, 0.5) is 5.69 Å². The normalized spacial score (nSPS) is 39.8. The van der Waals surface area contributed by atoms with Gasteiger partial charge in [0, 0.05) is 24.2 Å². The van der Waals surface area contributed by atoms with E-state index in [1.807, 2.05) is 13.0 Å². The van der Waals surface area contributed by atoms with Crippen LogP contribution in [0.1, 0.15) is 12.5 Å². The molecule has 0 aromatic heterocycles. The zero-order valence-electron chi connectivity index (χ0n) is 12.2. The number of ether oxygens (including phenoxy) is 1. The first kappa shape index (κ1) is 12.8. The number of nitro groups is 1. The lowest BCUT2D eigenvalue weighted by atomic mass is 9.76. The van der Waals surface area contributed by atoms with E-state index in [9.17, 15) is 10.1 Å². The Morgan fingerprint density at radius 2 is 2.05 bits per heavy atom. The summed E-state index contributed by atoms with van der Waals surface area (Å²) < 4.78 is 5.97. The van der Waals surface area contributed by atoms with Crippen molar-refractivity contribution in [3.63, 3.8) is 0 Å². The minimum atomic E-state index is -1.30. The Bertz CT molecular complexity index is 641. The maximum Gasteiger partial charge on any atom is 0.348 e. The van der Waals surface area contributed by atoms with E-state index in [0.717, 1.165) is 12.2 Å². The predicted octanol–water partition coefficient (Wildman–Crippen LogP) is 2.38. The molecule has 2 saturated heterocycles. The topological polar surface area (TPSA) is 55.6 Å². The van der Waals surface area contributed by atoms with Crippen LogP contribution in [0, 0.1) is 28.9 Å². The summed E-state index contributed by atoms with van der Waals surface area (Å²) in [6, 6.07) is 8.41. The summed E-state index contributed by atoms with van der Waals surface area (Å²) in [5.41, 5.74) is 0.600. The number of nitrogens with zero attached hydrogens (tertiary/aromatic N) is 2. The molecule has 3 aliphatic heterocycles. The lowest BCUT2D eigenvalue weighted by Crippen LogP contribution is -2.42. The minimum absolute atomic E-state index is 0.104. The van der Waals surface area contributed by atoms with Crippen molar-refractivity contribution in [3.8, 4) is 0 Å². The molecule has 3 heterocycles. The molecule has 21 heavy (non-hydrogen) atoms. The highest BCUT2D eigenvalue weighted by Crippen LogP contribution is 2.57. The molecule has 110 valence electrons. The van der Waals surface area contributed by atoms with Crippen LogP contribution in [0.25, 0.3) is 0 Å². The van der Waals surface area contributed by atoms with E-state index in [-0.39, 0.29) is 16.8 Å². The van der Waals surface area contributed by atoms with Gasteiger partial charge in [0.15, 0.2) is 0 Å². The standard InChI is InChI=1S/C16H18N2O3/c1-11-3-5-13(6-4-11)17-9-14-12(2)16(18(19)20)8-7-15(14,10-17)21-16/h3-8,12,14H,9-10H2,1-2H3/t12-,14-,15-,16?/m1/s1. The number of hydrogen-bond acceptors (Lipinski definition) is 4. The Hall–Kier alpha value is -1.88. The maximum atomic E-state index is 11.4. The first-order chi connectivity index (χ1) is 9.97. The Morgan fingerprint density at radius 1 is 1.33 bits per heavy atom. The monoisotopic (exact) mass is 286 g/mol. The molecule has 5 nitrogen and oxygen atoms in total. The Balaban J connectivity index is 1.65. The van der Waals surface area contributed by atoms with E-state index in [4.69, 9.17) is 4.74 Å². The molecule has 0 N–H and O–H groups in total. The van der Waals surface area contributed by atoms with Gasteiger partial charge in [0.25, 0.3) is 0 Å². The molecular weight excluding hydrogens is 268 g/mol. The molecule has 4 atom stereocenters. The van der Waals surface area contributed by atoms with E-state index in [1.165, 1.54) is 5.56 Å². The molecule has 1 aromatic carbocycles. The van der Waals surface area contributed by atoms with Crippen LogP contribution >= 0.6 is 0 Å². The summed E-state index contributed by atoms with van der Waals surface area (Å²) in [6.45, 7) is 5.51. The van der Waals surface area contributed by atoms with Crippen LogP contribution in [-0.2, 0) is 4.74 Å². The predicted molar refractivity (Wildman–Crippen MR) is 78.7 cm³/mol. The van der Waals surface area contributed by atoms with Gasteiger partial charge in [0.05, 0.1) is 17.4 Å². The Kier molecular flexibility index (Phi) is 2.35. The molecule has 3 aliphatic rings. The van der Waals surface area contributed by atoms with Gasteiger partial charge in [-0.2, -0.15) is 0 Å². The van der Waals surface area contributed by atoms with Crippen LogP contribution in [0.5, 0.6) is 0 Å². The van der Waals surface area contributed by atoms with E-state index >= 15 is 0 Å². The third kappa shape index (κ3) is 1.50. The van der Waals surface area contributed by atoms with Crippen LogP contribution < -0.4 is 4.90 Å². The smallest absolute Gasteiger partial charge is 0.348 e. The highest BCUT2D eigenvalue weighted by Gasteiger charge is 2.72. The molecule has 5 heteroatoms. The quantitative estimate of drug-likeness (QED) is 0.476. The van der Waals surface area contributed by atoms with Gasteiger partial charge in [-0.15, -0.1) is 0 Å². The van der Waals surface area contributed by atoms with Gasteiger partial charge in [-0.3, -0.25) is 14.9 Å². The van der Waals surface area contributed by atoms with Gasteiger partial charge in [-0.1, -0.05) is 24.6 Å². The molecule has 1 spiro atoms. The lowest BCUT2D eigenvalue weighted by molar-refractivity contribution is -0.615. The van der Waals surface area contributed by atoms with E-state index in [1.54, 1.807) is 6.08 Å². The Morgan fingerprint density at radius 3 is 2.67 bits per heavy atom. The SMILES string of the molecule is Cc1ccc(N2C[C@@H]3[C@@H](C)C4([N+](=O)[O-])C=C[C@]3(C2)O4)cc1. The fourth-order valence-electron chi connectivity index (χ4n) is 4.12. The van der Waals surface area contributed by atoms with Crippen molar-refractivity contribution in [2.75, 3.05) is 18.0 Å². The van der Waals surface area contributed by atoms with Gasteiger partial charge in [0.2, 0.25) is 0 Å². The van der Waals surface area contributed by atoms with Gasteiger partial charge in [-0.25, -0.2) is 0 Å². The van der Waals surface area contributed by atoms with Crippen molar-refractivity contribution in [2.24, 2.45) is 11.8 Å². The number of anilines is 1. The minimum Gasteiger partial charge on any atom is -0.368 e. The van der Waals surface area contributed by atoms with Crippen molar-refractivity contribution in [3.05, 3.63) is 52.1 Å². The molecule has 0 amide bonds. The van der Waals surface area contributed by atoms with E-state index in [0.29, 0.717) is 6.54 Å². The van der Waals surface area contributed by atoms with Crippen LogP contribution in [-0.4, -0.2) is 29.3 Å². The number of aryl methyl sites for hydroxylation is 1. The number of hydrogen-bond donors (Lipinski definition) is 0. The molecule has 0 radical (unpaired) electrons. The summed E-state index contributed by atoms with van der Waals surface area (Å²) in [4.78, 5) is 13.4. The summed E-state index contributed by atoms with van der Waals surface area (Å²) in [7, 11) is 0. The molecule has 1 aromatic rings. The summed E-state index contributed by atoms with van der Waals surface area (Å²) >= 11 is 0. The van der Waals surface area contributed by atoms with E-state index < -0.39 is 11.3 Å². The molecule has 0 aliphatic carbocycles. The van der Waals surface area contributed by atoms with Gasteiger partial charge < -0.3 is 4.90 Å². The second-order valence-corrected chi connectivity index (χ2v) is 6.51. The molecule has 2 bridgehead atoms. The first-order valence-electron chi connectivity index (χ1n) is 7.33. The van der Waals surface area contributed by atoms with Crippen molar-refractivity contribution < 1.29 is 9.66 Å². The molecule has 4 rings (SSSR count). The number of benzene rings is 1. The third-order valence-electron chi connectivity index (χ3n) is 5.38. The summed E-state index contributed by atoms with van der Waals surface area (Å²) in [5, 5.41) is 11.4. The number of rotatable bonds is 2. The van der Waals surface area contributed by atoms with Crippen molar-refractivity contribution in [1.29, 1.82) is 0 Å². The van der Waals surface area contributed by atoms with Crippen molar-refractivity contribution in [2.45, 2.75) is 25.2 Å². The van der Waals surface area contributed by atoms with Crippen LogP contribution in [0.2, 0.25) is 0 Å². The first-order valence-corrected chi connectivity index (χ1v) is 7.33. The summed E-state index contributed by atoms with van der Waals surface area (Å²) in [6.07, 6.45) is 3.58. The average molecular weight is 286 g/mol. The molecule has 0 saturated carbocycles. The van der Waals surface area contributed by atoms with Gasteiger partial charge >= 0.3 is 5.72 Å². The second-order valence-electron chi connectivity index (χ2n) is 6.51. The van der Waals surface area contributed by atoms with Gasteiger partial charge in [0.1, 0.15) is 5.60 Å². The number of fused-ring (bicyclic) bond motifs is 1. The van der Waals surface area contributed by atoms with Crippen LogP contribution in [0.15, 0.2) is 36.4 Å². The molecular formula is C16H18N2O3. The van der Waals surface area contributed by atoms with Crippen molar-refractivity contribution in [1.82, 2.24) is 0 Å². The Labute approximate surface area is 123 Å². The van der Waals surface area contributed by atoms with Crippen LogP contribution in [0.3, 0.4) is 0 Å². The third-order valence-corrected chi connectivity index (χ3v) is 5.38. The average Bonchev–Trinajstić information content (AvgIpc) is 3.08. The zero-order valence-corrected chi connectivity index (χ0v) is 12.2. The highest BCUT2D eigenvalue weighted by atomic mass is 16.7. The second kappa shape index (κ2) is 3.85. The zero-order chi connectivity index (χ0) is 14.8. The largest absolute Gasteiger partial charge is 0.368 e. The fourth-order valence-corrected chi connectivity index (χ4v) is 4.12. The van der Waals surface area contributed by atoms with Crippen molar-refractivity contribution >= 4 is 5.69 Å². The highest BCUT2D eigenvalue weighted by molar-refractivity contribution is 5.51. The molecule has 2 fully saturated rings. The van der Waals surface area contributed by atoms with E-state index in [2.05, 4.69) is 36.1 Å². The fraction of sp³-hybridized carbons (Fsp3) is 0.500. The maximum absolute atomic E-state index is 11.4.